The minimum Gasteiger partial charge on any atom is -0.507 e. The number of aromatic hydroxyl groups is 1. The highest BCUT2D eigenvalue weighted by molar-refractivity contribution is 5.96. The molecule has 1 N–H and O–H groups in total. The summed E-state index contributed by atoms with van der Waals surface area (Å²) in [4.78, 5) is 14.3. The molecule has 2 aromatic carbocycles. The molecule has 4 rings (SSSR count). The predicted octanol–water partition coefficient (Wildman–Crippen LogP) is 6.21. The van der Waals surface area contributed by atoms with Crippen molar-refractivity contribution >= 4 is 16.9 Å². The normalized spacial score (nSPS) is 17.0. The Labute approximate surface area is 201 Å². The van der Waals surface area contributed by atoms with Gasteiger partial charge in [0.15, 0.2) is 0 Å². The van der Waals surface area contributed by atoms with Crippen LogP contribution >= 0.6 is 0 Å². The Bertz CT molecular complexity index is 1240. The topological polar surface area (TPSA) is 75.5 Å². The van der Waals surface area contributed by atoms with E-state index in [-0.39, 0.29) is 17.6 Å². The minimum atomic E-state index is -4.55. The number of amides is 1. The van der Waals surface area contributed by atoms with Crippen LogP contribution in [0.5, 0.6) is 5.75 Å². The Kier molecular flexibility index (Phi) is 6.62. The van der Waals surface area contributed by atoms with Gasteiger partial charge in [0.1, 0.15) is 17.0 Å². The van der Waals surface area contributed by atoms with Gasteiger partial charge in [0, 0.05) is 29.4 Å². The number of alkyl halides is 3. The number of fused-ring (bicyclic) bond motifs is 1. The van der Waals surface area contributed by atoms with E-state index < -0.39 is 23.1 Å². The van der Waals surface area contributed by atoms with Crippen LogP contribution in [0.2, 0.25) is 0 Å². The smallest absolute Gasteiger partial charge is 0.416 e. The molecular formula is C26H28F3N3O3. The third-order valence-electron chi connectivity index (χ3n) is 6.00. The van der Waals surface area contributed by atoms with E-state index in [1.54, 1.807) is 4.90 Å². The van der Waals surface area contributed by atoms with Crippen LogP contribution in [0.1, 0.15) is 44.9 Å². The first-order chi connectivity index (χ1) is 16.4. The number of phenols is 1. The molecule has 0 radical (unpaired) electrons. The molecule has 1 aliphatic heterocycles. The van der Waals surface area contributed by atoms with Crippen LogP contribution in [0.25, 0.3) is 22.0 Å². The van der Waals surface area contributed by atoms with Gasteiger partial charge in [0.05, 0.1) is 11.3 Å². The van der Waals surface area contributed by atoms with E-state index in [4.69, 9.17) is 4.74 Å². The van der Waals surface area contributed by atoms with Gasteiger partial charge in [-0.05, 0) is 64.2 Å². The molecule has 1 unspecified atom stereocenters. The van der Waals surface area contributed by atoms with Crippen LogP contribution in [0.3, 0.4) is 0 Å². The van der Waals surface area contributed by atoms with E-state index in [1.807, 2.05) is 45.0 Å². The molecule has 1 saturated heterocycles. The fourth-order valence-corrected chi connectivity index (χ4v) is 4.41. The zero-order chi connectivity index (χ0) is 25.4. The van der Waals surface area contributed by atoms with E-state index in [2.05, 4.69) is 10.2 Å². The molecule has 0 saturated carbocycles. The van der Waals surface area contributed by atoms with Gasteiger partial charge in [-0.3, -0.25) is 0 Å². The summed E-state index contributed by atoms with van der Waals surface area (Å²) < 4.78 is 44.6. The van der Waals surface area contributed by atoms with E-state index in [9.17, 15) is 23.1 Å². The first kappa shape index (κ1) is 24.8. The predicted molar refractivity (Wildman–Crippen MR) is 126 cm³/mol. The molecule has 0 spiro atoms. The molecule has 1 fully saturated rings. The van der Waals surface area contributed by atoms with Crippen LogP contribution in [-0.4, -0.2) is 45.0 Å². The van der Waals surface area contributed by atoms with E-state index in [1.165, 1.54) is 6.07 Å². The summed E-state index contributed by atoms with van der Waals surface area (Å²) in [5.41, 5.74) is -0.256. The largest absolute Gasteiger partial charge is 0.507 e. The lowest BCUT2D eigenvalue weighted by Crippen LogP contribution is -2.43. The zero-order valence-corrected chi connectivity index (χ0v) is 19.9. The Morgan fingerprint density at radius 1 is 1.11 bits per heavy atom. The number of carbonyl (C=O) groups excluding carboxylic acids is 1. The first-order valence-electron chi connectivity index (χ1n) is 11.5. The van der Waals surface area contributed by atoms with Gasteiger partial charge in [0.2, 0.25) is 0 Å². The molecule has 1 aromatic heterocycles. The highest BCUT2D eigenvalue weighted by Gasteiger charge is 2.32. The van der Waals surface area contributed by atoms with Gasteiger partial charge in [-0.1, -0.05) is 24.3 Å². The van der Waals surface area contributed by atoms with Crippen LogP contribution in [-0.2, 0) is 17.3 Å². The van der Waals surface area contributed by atoms with Gasteiger partial charge in [-0.25, -0.2) is 4.79 Å². The molecule has 186 valence electrons. The number of benzene rings is 2. The van der Waals surface area contributed by atoms with Gasteiger partial charge in [-0.15, -0.1) is 5.10 Å². The third kappa shape index (κ3) is 5.66. The molecule has 1 atom stereocenters. The molecule has 35 heavy (non-hydrogen) atoms. The second-order valence-electron chi connectivity index (χ2n) is 9.91. The Balaban J connectivity index is 1.61. The van der Waals surface area contributed by atoms with E-state index >= 15 is 0 Å². The number of carbonyl (C=O) groups is 1. The maximum atomic E-state index is 13.0. The van der Waals surface area contributed by atoms with Crippen molar-refractivity contribution in [3.63, 3.8) is 0 Å². The third-order valence-corrected chi connectivity index (χ3v) is 6.00. The molecule has 0 bridgehead atoms. The van der Waals surface area contributed by atoms with E-state index in [0.717, 1.165) is 30.0 Å². The molecule has 1 amide bonds. The average molecular weight is 488 g/mol. The van der Waals surface area contributed by atoms with Crippen molar-refractivity contribution in [2.24, 2.45) is 5.92 Å². The molecular weight excluding hydrogens is 459 g/mol. The van der Waals surface area contributed by atoms with Crippen molar-refractivity contribution in [2.45, 2.75) is 51.8 Å². The number of nitrogens with zero attached hydrogens (tertiary/aromatic N) is 3. The zero-order valence-electron chi connectivity index (χ0n) is 19.9. The summed E-state index contributed by atoms with van der Waals surface area (Å²) in [6.45, 7) is 6.70. The molecule has 1 aliphatic rings. The highest BCUT2D eigenvalue weighted by atomic mass is 19.4. The van der Waals surface area contributed by atoms with E-state index in [0.29, 0.717) is 36.7 Å². The fourth-order valence-electron chi connectivity index (χ4n) is 4.41. The summed E-state index contributed by atoms with van der Waals surface area (Å²) in [5, 5.41) is 20.5. The molecule has 6 nitrogen and oxygen atoms in total. The molecule has 0 aliphatic carbocycles. The number of hydrogen-bond acceptors (Lipinski definition) is 5. The maximum Gasteiger partial charge on any atom is 0.416 e. The fraction of sp³-hybridized carbons (Fsp3) is 0.423. The van der Waals surface area contributed by atoms with Crippen molar-refractivity contribution in [1.82, 2.24) is 15.1 Å². The van der Waals surface area contributed by atoms with Gasteiger partial charge in [0.25, 0.3) is 0 Å². The van der Waals surface area contributed by atoms with Crippen LogP contribution in [0.15, 0.2) is 42.5 Å². The van der Waals surface area contributed by atoms with Crippen molar-refractivity contribution in [3.8, 4) is 17.0 Å². The number of rotatable bonds is 3. The lowest BCUT2D eigenvalue weighted by Gasteiger charge is -2.34. The SMILES string of the molecule is CC(C)(C)OC(=O)N1CCCC(Cc2nnc(-c3ccc(C(F)(F)F)cc3O)c3ccccc23)C1. The second kappa shape index (κ2) is 9.36. The average Bonchev–Trinajstić information content (AvgIpc) is 2.78. The Morgan fingerprint density at radius 2 is 1.83 bits per heavy atom. The molecule has 2 heterocycles. The van der Waals surface area contributed by atoms with Crippen LogP contribution in [0.4, 0.5) is 18.0 Å². The summed E-state index contributed by atoms with van der Waals surface area (Å²) in [6, 6.07) is 10.2. The summed E-state index contributed by atoms with van der Waals surface area (Å²) in [6.07, 6.45) is -2.51. The summed E-state index contributed by atoms with van der Waals surface area (Å²) in [5.74, 6) is -0.341. The number of likely N-dealkylation sites (tertiary alicyclic amines) is 1. The quantitative estimate of drug-likeness (QED) is 0.475. The first-order valence-corrected chi connectivity index (χ1v) is 11.5. The number of hydrogen-bond donors (Lipinski definition) is 1. The standard InChI is InChI=1S/C26H28F3N3O3/c1-25(2,3)35-24(34)32-12-6-7-16(15-32)13-21-18-8-4-5-9-19(18)23(31-30-21)20-11-10-17(14-22(20)33)26(27,28)29/h4-5,8-11,14,16,33H,6-7,12-13,15H2,1-3H3. The van der Waals surface area contributed by atoms with Gasteiger partial charge in [-0.2, -0.15) is 18.3 Å². The number of ether oxygens (including phenoxy) is 1. The van der Waals surface area contributed by atoms with Crippen molar-refractivity contribution in [3.05, 3.63) is 53.7 Å². The Morgan fingerprint density at radius 3 is 2.49 bits per heavy atom. The number of phenolic OH excluding ortho intramolecular Hbond substituents is 1. The highest BCUT2D eigenvalue weighted by Crippen LogP contribution is 2.38. The van der Waals surface area contributed by atoms with Crippen molar-refractivity contribution < 1.29 is 27.8 Å². The lowest BCUT2D eigenvalue weighted by atomic mass is 9.91. The van der Waals surface area contributed by atoms with Gasteiger partial charge >= 0.3 is 12.3 Å². The summed E-state index contributed by atoms with van der Waals surface area (Å²) >= 11 is 0. The minimum absolute atomic E-state index is 0.166. The van der Waals surface area contributed by atoms with Crippen LogP contribution < -0.4 is 0 Å². The maximum absolute atomic E-state index is 13.0. The van der Waals surface area contributed by atoms with Crippen molar-refractivity contribution in [2.75, 3.05) is 13.1 Å². The van der Waals surface area contributed by atoms with Gasteiger partial charge < -0.3 is 14.7 Å². The molecule has 3 aromatic rings. The van der Waals surface area contributed by atoms with Crippen LogP contribution in [0, 0.1) is 5.92 Å². The summed E-state index contributed by atoms with van der Waals surface area (Å²) in [7, 11) is 0. The lowest BCUT2D eigenvalue weighted by molar-refractivity contribution is -0.137. The van der Waals surface area contributed by atoms with Crippen molar-refractivity contribution in [1.29, 1.82) is 0 Å². The second-order valence-corrected chi connectivity index (χ2v) is 9.91. The number of halogens is 3. The number of aromatic nitrogens is 2. The number of piperidine rings is 1. The monoisotopic (exact) mass is 487 g/mol. The molecule has 9 heteroatoms. The Hall–Kier alpha value is -3.36.